The predicted molar refractivity (Wildman–Crippen MR) is 99.4 cm³/mol. The summed E-state index contributed by atoms with van der Waals surface area (Å²) in [7, 11) is 1.70. The fourth-order valence-electron chi connectivity index (χ4n) is 3.52. The zero-order valence-corrected chi connectivity index (χ0v) is 16.1. The van der Waals surface area contributed by atoms with Crippen LogP contribution in [0.15, 0.2) is 12.1 Å². The van der Waals surface area contributed by atoms with Gasteiger partial charge in [0.1, 0.15) is 0 Å². The maximum absolute atomic E-state index is 12.9. The zero-order chi connectivity index (χ0) is 16.9. The number of hydrogen-bond acceptors (Lipinski definition) is 4. The predicted octanol–water partition coefficient (Wildman–Crippen LogP) is 5.33. The van der Waals surface area contributed by atoms with Crippen LogP contribution < -0.4 is 0 Å². The molecule has 2 heterocycles. The highest BCUT2D eigenvalue weighted by Crippen LogP contribution is 2.49. The lowest BCUT2D eigenvalue weighted by molar-refractivity contribution is -0.116. The van der Waals surface area contributed by atoms with Gasteiger partial charge in [0, 0.05) is 44.2 Å². The molecular formula is C19H22O2S2. The molecule has 1 aliphatic rings. The summed E-state index contributed by atoms with van der Waals surface area (Å²) in [6.45, 7) is 10.5. The number of hydrogen-bond donors (Lipinski definition) is 0. The number of allylic oxidation sites excluding steroid dienone is 1. The topological polar surface area (TPSA) is 26.3 Å². The van der Waals surface area contributed by atoms with Gasteiger partial charge in [0.15, 0.2) is 5.78 Å². The molecule has 23 heavy (non-hydrogen) atoms. The van der Waals surface area contributed by atoms with Crippen LogP contribution >= 0.6 is 22.7 Å². The van der Waals surface area contributed by atoms with E-state index < -0.39 is 5.60 Å². The number of ketones is 1. The summed E-state index contributed by atoms with van der Waals surface area (Å²) in [4.78, 5) is 17.8. The van der Waals surface area contributed by atoms with E-state index in [1.165, 1.54) is 25.1 Å². The van der Waals surface area contributed by atoms with Gasteiger partial charge >= 0.3 is 0 Å². The Labute approximate surface area is 145 Å². The smallest absolute Gasteiger partial charge is 0.167 e. The van der Waals surface area contributed by atoms with Gasteiger partial charge in [0.05, 0.1) is 5.60 Å². The third-order valence-corrected chi connectivity index (χ3v) is 6.56. The highest BCUT2D eigenvalue weighted by atomic mass is 32.1. The Morgan fingerprint density at radius 1 is 1.00 bits per heavy atom. The molecule has 1 atom stereocenters. The van der Waals surface area contributed by atoms with Crippen molar-refractivity contribution in [3.8, 4) is 0 Å². The molecule has 0 bridgehead atoms. The zero-order valence-electron chi connectivity index (χ0n) is 14.5. The Kier molecular flexibility index (Phi) is 4.11. The van der Waals surface area contributed by atoms with Crippen LogP contribution in [-0.4, -0.2) is 18.5 Å². The number of methoxy groups -OCH3 is 1. The van der Waals surface area contributed by atoms with E-state index in [0.29, 0.717) is 6.42 Å². The van der Waals surface area contributed by atoms with Crippen molar-refractivity contribution in [1.82, 2.24) is 0 Å². The molecule has 0 aromatic carbocycles. The van der Waals surface area contributed by atoms with Gasteiger partial charge in [-0.2, -0.15) is 0 Å². The van der Waals surface area contributed by atoms with E-state index >= 15 is 0 Å². The second-order valence-electron chi connectivity index (χ2n) is 6.44. The Balaban J connectivity index is 2.35. The second-order valence-corrected chi connectivity index (χ2v) is 9.36. The molecule has 0 saturated carbocycles. The van der Waals surface area contributed by atoms with Crippen LogP contribution in [0.5, 0.6) is 0 Å². The first-order chi connectivity index (χ1) is 10.8. The lowest BCUT2D eigenvalue weighted by Gasteiger charge is -2.26. The molecule has 0 aliphatic heterocycles. The molecule has 0 N–H and O–H groups in total. The number of carbonyl (C=O) groups excluding carboxylic acids is 1. The minimum atomic E-state index is -0.549. The molecule has 2 aromatic heterocycles. The lowest BCUT2D eigenvalue weighted by Crippen LogP contribution is -2.26. The molecular weight excluding hydrogens is 324 g/mol. The van der Waals surface area contributed by atoms with Crippen molar-refractivity contribution in [2.75, 3.05) is 7.11 Å². The van der Waals surface area contributed by atoms with Gasteiger partial charge < -0.3 is 4.74 Å². The molecule has 0 saturated heterocycles. The first kappa shape index (κ1) is 16.6. The molecule has 0 unspecified atom stereocenters. The van der Waals surface area contributed by atoms with Crippen molar-refractivity contribution in [2.45, 2.75) is 46.6 Å². The fourth-order valence-corrected chi connectivity index (χ4v) is 5.39. The summed E-state index contributed by atoms with van der Waals surface area (Å²) in [5, 5.41) is 0. The maximum atomic E-state index is 12.9. The summed E-state index contributed by atoms with van der Waals surface area (Å²) >= 11 is 3.52. The molecule has 2 aromatic rings. The van der Waals surface area contributed by atoms with Gasteiger partial charge in [-0.1, -0.05) is 0 Å². The van der Waals surface area contributed by atoms with Crippen LogP contribution in [0.25, 0.3) is 11.1 Å². The van der Waals surface area contributed by atoms with Gasteiger partial charge in [-0.3, -0.25) is 4.79 Å². The molecule has 122 valence electrons. The van der Waals surface area contributed by atoms with Crippen LogP contribution in [0.1, 0.15) is 44.0 Å². The van der Waals surface area contributed by atoms with E-state index in [9.17, 15) is 4.79 Å². The minimum absolute atomic E-state index is 0.188. The van der Waals surface area contributed by atoms with Crippen molar-refractivity contribution in [3.05, 3.63) is 42.8 Å². The Morgan fingerprint density at radius 3 is 1.96 bits per heavy atom. The van der Waals surface area contributed by atoms with E-state index in [2.05, 4.69) is 39.8 Å². The number of Topliss-reactive ketones (excluding diaryl/α,β-unsaturated/α-hetero) is 1. The second kappa shape index (κ2) is 5.69. The Bertz CT molecular complexity index is 823. The van der Waals surface area contributed by atoms with E-state index in [1.54, 1.807) is 29.8 Å². The summed E-state index contributed by atoms with van der Waals surface area (Å²) in [5.74, 6) is 0.188. The first-order valence-electron chi connectivity index (χ1n) is 7.74. The van der Waals surface area contributed by atoms with Crippen molar-refractivity contribution in [2.24, 2.45) is 0 Å². The van der Waals surface area contributed by atoms with Gasteiger partial charge in [-0.15, -0.1) is 22.7 Å². The van der Waals surface area contributed by atoms with Crippen LogP contribution in [-0.2, 0) is 9.53 Å². The highest BCUT2D eigenvalue weighted by molar-refractivity contribution is 7.12. The molecule has 4 heteroatoms. The third-order valence-electron chi connectivity index (χ3n) is 4.63. The molecule has 0 amide bonds. The van der Waals surface area contributed by atoms with Crippen LogP contribution in [0, 0.1) is 27.7 Å². The maximum Gasteiger partial charge on any atom is 0.167 e. The first-order valence-corrected chi connectivity index (χ1v) is 9.38. The number of ether oxygens (including phenoxy) is 1. The average molecular weight is 347 g/mol. The van der Waals surface area contributed by atoms with Crippen molar-refractivity contribution in [3.63, 3.8) is 0 Å². The lowest BCUT2D eigenvalue weighted by atomic mass is 9.89. The monoisotopic (exact) mass is 346 g/mol. The summed E-state index contributed by atoms with van der Waals surface area (Å²) in [6, 6.07) is 4.34. The molecule has 3 rings (SSSR count). The normalized spacial score (nSPS) is 21.6. The minimum Gasteiger partial charge on any atom is -0.373 e. The number of aryl methyl sites for hydroxylation is 4. The average Bonchev–Trinajstić information content (AvgIpc) is 3.04. The fraction of sp³-hybridized carbons (Fsp3) is 0.421. The Hall–Kier alpha value is -1.23. The van der Waals surface area contributed by atoms with Crippen LogP contribution in [0.4, 0.5) is 0 Å². The van der Waals surface area contributed by atoms with Crippen LogP contribution in [0.2, 0.25) is 0 Å². The quantitative estimate of drug-likeness (QED) is 0.750. The summed E-state index contributed by atoms with van der Waals surface area (Å²) in [5.41, 5.74) is 3.62. The highest BCUT2D eigenvalue weighted by Gasteiger charge is 2.44. The summed E-state index contributed by atoms with van der Waals surface area (Å²) in [6.07, 6.45) is 0.414. The summed E-state index contributed by atoms with van der Waals surface area (Å²) < 4.78 is 5.83. The van der Waals surface area contributed by atoms with Gasteiger partial charge in [-0.05, 0) is 57.9 Å². The van der Waals surface area contributed by atoms with Gasteiger partial charge in [0.2, 0.25) is 0 Å². The number of thiophene rings is 2. The SMILES string of the molecule is CO[C@]1(C)CC(=O)C(c2cc(C)sc2C)=C1c1cc(C)sc1C. The standard InChI is InChI=1S/C19H22O2S2/c1-10-7-14(12(3)22-10)17-16(20)9-19(5,21-6)18(17)15-8-11(2)23-13(15)4/h7-8H,9H2,1-6H3/t19-/m1/s1. The van der Waals surface area contributed by atoms with Gasteiger partial charge in [0.25, 0.3) is 0 Å². The van der Waals surface area contributed by atoms with Crippen molar-refractivity contribution in [1.29, 1.82) is 0 Å². The molecule has 0 fully saturated rings. The van der Waals surface area contributed by atoms with Crippen molar-refractivity contribution >= 4 is 39.6 Å². The number of carbonyl (C=O) groups is 1. The molecule has 1 aliphatic carbocycles. The van der Waals surface area contributed by atoms with Gasteiger partial charge in [-0.25, -0.2) is 0 Å². The van der Waals surface area contributed by atoms with E-state index in [1.807, 2.05) is 6.92 Å². The van der Waals surface area contributed by atoms with E-state index in [-0.39, 0.29) is 5.78 Å². The molecule has 2 nitrogen and oxygen atoms in total. The Morgan fingerprint density at radius 2 is 1.52 bits per heavy atom. The molecule has 0 radical (unpaired) electrons. The van der Waals surface area contributed by atoms with Crippen LogP contribution in [0.3, 0.4) is 0 Å². The van der Waals surface area contributed by atoms with E-state index in [0.717, 1.165) is 16.7 Å². The largest absolute Gasteiger partial charge is 0.373 e. The third kappa shape index (κ3) is 2.63. The van der Waals surface area contributed by atoms with Crippen molar-refractivity contribution < 1.29 is 9.53 Å². The van der Waals surface area contributed by atoms with E-state index in [4.69, 9.17) is 4.74 Å². The molecule has 0 spiro atoms. The number of rotatable bonds is 3.